The quantitative estimate of drug-likeness (QED) is 0.395. The molecule has 0 radical (unpaired) electrons. The summed E-state index contributed by atoms with van der Waals surface area (Å²) in [6, 6.07) is 16.5. The second-order valence-corrected chi connectivity index (χ2v) is 6.31. The van der Waals surface area contributed by atoms with Gasteiger partial charge in [-0.3, -0.25) is 14.9 Å². The average molecular weight is 394 g/mol. The summed E-state index contributed by atoms with van der Waals surface area (Å²) in [6.07, 6.45) is 1.49. The Morgan fingerprint density at radius 2 is 1.86 bits per heavy atom. The minimum atomic E-state index is -0.468. The van der Waals surface area contributed by atoms with Gasteiger partial charge in [-0.25, -0.2) is 4.98 Å². The highest BCUT2D eigenvalue weighted by Gasteiger charge is 2.17. The van der Waals surface area contributed by atoms with Gasteiger partial charge in [0.1, 0.15) is 11.5 Å². The second kappa shape index (κ2) is 7.13. The first-order chi connectivity index (χ1) is 13.5. The van der Waals surface area contributed by atoms with Crippen LogP contribution in [0.25, 0.3) is 33.3 Å². The van der Waals surface area contributed by atoms with Gasteiger partial charge in [-0.1, -0.05) is 35.9 Å². The number of nitro groups is 1. The molecule has 0 aliphatic carbocycles. The van der Waals surface area contributed by atoms with Crippen molar-refractivity contribution in [2.45, 2.75) is 0 Å². The summed E-state index contributed by atoms with van der Waals surface area (Å²) >= 11 is 6.31. The molecule has 0 spiro atoms. The van der Waals surface area contributed by atoms with Crippen LogP contribution in [-0.4, -0.2) is 14.9 Å². The van der Waals surface area contributed by atoms with E-state index in [1.54, 1.807) is 54.6 Å². The molecule has 1 N–H and O–H groups in total. The molecule has 0 saturated heterocycles. The Morgan fingerprint density at radius 3 is 2.68 bits per heavy atom. The van der Waals surface area contributed by atoms with E-state index in [4.69, 9.17) is 16.0 Å². The summed E-state index contributed by atoms with van der Waals surface area (Å²) < 4.78 is 5.69. The minimum absolute atomic E-state index is 0.0565. The molecule has 28 heavy (non-hydrogen) atoms. The molecule has 0 amide bonds. The fourth-order valence-electron chi connectivity index (χ4n) is 2.81. The highest BCUT2D eigenvalue weighted by molar-refractivity contribution is 6.50. The molecule has 0 atom stereocenters. The number of nitrogens with one attached hydrogen (secondary N) is 1. The van der Waals surface area contributed by atoms with Gasteiger partial charge in [0.25, 0.3) is 11.2 Å². The van der Waals surface area contributed by atoms with E-state index in [0.717, 1.165) is 0 Å². The third-order valence-electron chi connectivity index (χ3n) is 4.10. The lowest BCUT2D eigenvalue weighted by Crippen LogP contribution is -2.10. The first kappa shape index (κ1) is 17.7. The number of hydrogen-bond acceptors (Lipinski definition) is 5. The lowest BCUT2D eigenvalue weighted by atomic mass is 10.1. The molecule has 2 aromatic heterocycles. The van der Waals surface area contributed by atoms with Crippen LogP contribution in [-0.2, 0) is 0 Å². The third kappa shape index (κ3) is 3.30. The maximum Gasteiger partial charge on any atom is 0.280 e. The van der Waals surface area contributed by atoms with E-state index < -0.39 is 4.92 Å². The Hall–Kier alpha value is -3.71. The van der Waals surface area contributed by atoms with Crippen molar-refractivity contribution in [1.82, 2.24) is 9.97 Å². The Balaban J connectivity index is 1.71. The molecule has 0 aliphatic rings. The van der Waals surface area contributed by atoms with Gasteiger partial charge in [0.2, 0.25) is 0 Å². The molecule has 0 bridgehead atoms. The Kier molecular flexibility index (Phi) is 4.50. The zero-order chi connectivity index (χ0) is 19.7. The number of H-pyrrole nitrogens is 1. The molecule has 138 valence electrons. The zero-order valence-corrected chi connectivity index (χ0v) is 15.0. The first-order valence-electron chi connectivity index (χ1n) is 8.23. The van der Waals surface area contributed by atoms with Crippen LogP contribution in [0.15, 0.2) is 69.9 Å². The van der Waals surface area contributed by atoms with Crippen LogP contribution in [0.2, 0.25) is 0 Å². The topological polar surface area (TPSA) is 102 Å². The molecule has 2 heterocycles. The van der Waals surface area contributed by atoms with Crippen molar-refractivity contribution in [3.05, 3.63) is 92.7 Å². The van der Waals surface area contributed by atoms with E-state index >= 15 is 0 Å². The number of nitrogens with zero attached hydrogens (tertiary/aromatic N) is 2. The number of nitro benzene ring substituents is 1. The van der Waals surface area contributed by atoms with Crippen molar-refractivity contribution in [2.24, 2.45) is 0 Å². The number of rotatable bonds is 4. The number of aromatic amines is 1. The maximum absolute atomic E-state index is 12.2. The monoisotopic (exact) mass is 393 g/mol. The third-order valence-corrected chi connectivity index (χ3v) is 4.39. The van der Waals surface area contributed by atoms with Crippen molar-refractivity contribution < 1.29 is 9.34 Å². The van der Waals surface area contributed by atoms with E-state index in [9.17, 15) is 14.9 Å². The number of halogens is 1. The Bertz CT molecular complexity index is 1290. The highest BCUT2D eigenvalue weighted by Crippen LogP contribution is 2.32. The summed E-state index contributed by atoms with van der Waals surface area (Å²) in [4.78, 5) is 29.9. The molecule has 7 nitrogen and oxygen atoms in total. The Morgan fingerprint density at radius 1 is 1.11 bits per heavy atom. The van der Waals surface area contributed by atoms with Gasteiger partial charge < -0.3 is 9.40 Å². The summed E-state index contributed by atoms with van der Waals surface area (Å²) in [7, 11) is 0. The summed E-state index contributed by atoms with van der Waals surface area (Å²) in [5.41, 5.74) is 0.527. The number of furan rings is 1. The molecule has 0 saturated carbocycles. The number of para-hydroxylation sites is 2. The molecule has 2 aromatic carbocycles. The van der Waals surface area contributed by atoms with Crippen molar-refractivity contribution in [2.75, 3.05) is 0 Å². The number of fused-ring (bicyclic) bond motifs is 1. The number of hydrogen-bond donors (Lipinski definition) is 1. The number of aromatic nitrogens is 2. The lowest BCUT2D eigenvalue weighted by Gasteiger charge is -2.01. The SMILES string of the molecule is O=c1[nH]c(/C(Cl)=C/c2ccc(-c3ccccc3[N+](=O)[O-])o2)nc2ccccc12. The molecule has 0 unspecified atom stereocenters. The van der Waals surface area contributed by atoms with Crippen molar-refractivity contribution in [3.8, 4) is 11.3 Å². The van der Waals surface area contributed by atoms with E-state index in [1.165, 1.54) is 12.1 Å². The Labute approximate surface area is 163 Å². The van der Waals surface area contributed by atoms with Crippen LogP contribution < -0.4 is 5.56 Å². The van der Waals surface area contributed by atoms with Gasteiger partial charge >= 0.3 is 0 Å². The summed E-state index contributed by atoms with van der Waals surface area (Å²) in [5.74, 6) is 0.908. The zero-order valence-electron chi connectivity index (χ0n) is 14.3. The summed E-state index contributed by atoms with van der Waals surface area (Å²) in [6.45, 7) is 0. The molecule has 4 rings (SSSR count). The van der Waals surface area contributed by atoms with Crippen LogP contribution in [0, 0.1) is 10.1 Å². The fourth-order valence-corrected chi connectivity index (χ4v) is 3.01. The largest absolute Gasteiger partial charge is 0.456 e. The van der Waals surface area contributed by atoms with Crippen LogP contribution >= 0.6 is 11.6 Å². The molecule has 4 aromatic rings. The van der Waals surface area contributed by atoms with Crippen LogP contribution in [0.4, 0.5) is 5.69 Å². The second-order valence-electron chi connectivity index (χ2n) is 5.90. The maximum atomic E-state index is 12.2. The number of benzene rings is 2. The highest BCUT2D eigenvalue weighted by atomic mass is 35.5. The van der Waals surface area contributed by atoms with Gasteiger partial charge in [0, 0.05) is 12.1 Å². The van der Waals surface area contributed by atoms with Gasteiger partial charge in [0.05, 0.1) is 26.4 Å². The van der Waals surface area contributed by atoms with Crippen LogP contribution in [0.5, 0.6) is 0 Å². The van der Waals surface area contributed by atoms with Gasteiger partial charge in [-0.15, -0.1) is 0 Å². The van der Waals surface area contributed by atoms with Crippen molar-refractivity contribution in [3.63, 3.8) is 0 Å². The van der Waals surface area contributed by atoms with Crippen molar-refractivity contribution >= 4 is 39.3 Å². The van der Waals surface area contributed by atoms with E-state index in [0.29, 0.717) is 28.0 Å². The van der Waals surface area contributed by atoms with Gasteiger partial charge in [-0.05, 0) is 30.3 Å². The average Bonchev–Trinajstić information content (AvgIpc) is 3.16. The standard InChI is InChI=1S/C20H12ClN3O4/c21-15(19-22-16-7-3-1-5-13(16)20(25)23-19)11-12-9-10-18(28-12)14-6-2-4-8-17(14)24(26)27/h1-11H,(H,22,23,25)/b15-11-. The lowest BCUT2D eigenvalue weighted by molar-refractivity contribution is -0.384. The van der Waals surface area contributed by atoms with E-state index in [-0.39, 0.29) is 22.1 Å². The fraction of sp³-hybridized carbons (Fsp3) is 0. The van der Waals surface area contributed by atoms with Gasteiger partial charge in [-0.2, -0.15) is 0 Å². The predicted molar refractivity (Wildman–Crippen MR) is 107 cm³/mol. The molecule has 8 heteroatoms. The molecule has 0 aliphatic heterocycles. The van der Waals surface area contributed by atoms with Crippen molar-refractivity contribution in [1.29, 1.82) is 0 Å². The predicted octanol–water partition coefficient (Wildman–Crippen LogP) is 4.83. The molecular formula is C20H12ClN3O4. The van der Waals surface area contributed by atoms with Crippen LogP contribution in [0.3, 0.4) is 0 Å². The minimum Gasteiger partial charge on any atom is -0.456 e. The van der Waals surface area contributed by atoms with E-state index in [1.807, 2.05) is 0 Å². The normalized spacial score (nSPS) is 11.7. The smallest absolute Gasteiger partial charge is 0.280 e. The molecular weight excluding hydrogens is 382 g/mol. The van der Waals surface area contributed by atoms with E-state index in [2.05, 4.69) is 9.97 Å². The first-order valence-corrected chi connectivity index (χ1v) is 8.61. The summed E-state index contributed by atoms with van der Waals surface area (Å²) in [5, 5.41) is 11.8. The van der Waals surface area contributed by atoms with Crippen LogP contribution in [0.1, 0.15) is 11.6 Å². The molecule has 0 fully saturated rings. The van der Waals surface area contributed by atoms with Gasteiger partial charge in [0.15, 0.2) is 5.82 Å².